The Bertz CT molecular complexity index is 1300. The van der Waals surface area contributed by atoms with Crippen molar-refractivity contribution in [2.24, 2.45) is 11.8 Å². The molecule has 0 spiro atoms. The number of aromatic nitrogens is 4. The van der Waals surface area contributed by atoms with Gasteiger partial charge in [-0.1, -0.05) is 36.2 Å². The summed E-state index contributed by atoms with van der Waals surface area (Å²) in [6.45, 7) is 10.0. The van der Waals surface area contributed by atoms with Gasteiger partial charge in [-0.25, -0.2) is 14.6 Å². The predicted octanol–water partition coefficient (Wildman–Crippen LogP) is 5.45. The number of halogens is 2. The fourth-order valence-corrected chi connectivity index (χ4v) is 6.70. The van der Waals surface area contributed by atoms with Crippen LogP contribution in [0.4, 0.5) is 5.82 Å². The van der Waals surface area contributed by atoms with Crippen molar-refractivity contribution in [3.05, 3.63) is 45.7 Å². The summed E-state index contributed by atoms with van der Waals surface area (Å²) in [6, 6.07) is 5.86. The van der Waals surface area contributed by atoms with Gasteiger partial charge in [0.05, 0.1) is 17.9 Å². The zero-order valence-electron chi connectivity index (χ0n) is 21.6. The molecule has 2 aliphatic heterocycles. The van der Waals surface area contributed by atoms with Gasteiger partial charge in [0.25, 0.3) is 0 Å². The van der Waals surface area contributed by atoms with E-state index in [9.17, 15) is 9.90 Å². The minimum Gasteiger partial charge on any atom is -0.481 e. The highest BCUT2D eigenvalue weighted by molar-refractivity contribution is 6.35. The van der Waals surface area contributed by atoms with Crippen LogP contribution in [0.5, 0.6) is 0 Å². The molecule has 10 heteroatoms. The van der Waals surface area contributed by atoms with E-state index >= 15 is 0 Å². The number of carboxylic acid groups (broad SMARTS) is 1. The molecule has 1 aromatic carbocycles. The third kappa shape index (κ3) is 5.42. The number of rotatable bonds is 6. The Balaban J connectivity index is 1.35. The first-order valence-corrected chi connectivity index (χ1v) is 13.8. The molecule has 0 radical (unpaired) electrons. The molecule has 4 heterocycles. The van der Waals surface area contributed by atoms with Crippen molar-refractivity contribution in [2.45, 2.75) is 58.5 Å². The van der Waals surface area contributed by atoms with Crippen LogP contribution >= 0.6 is 23.2 Å². The van der Waals surface area contributed by atoms with Gasteiger partial charge in [0, 0.05) is 42.1 Å². The number of hydrogen-bond donors (Lipinski definition) is 1. The van der Waals surface area contributed by atoms with E-state index in [0.717, 1.165) is 73.7 Å². The SMILES string of the molecule is Cc1nn([C@H](C)c2ccc(Cl)cc2Cl)c2nc(N3CCC(N4CCC[C@@H](CC(=O)O)C4)[C@H](C)C3)cnc12. The molecule has 0 aliphatic carbocycles. The van der Waals surface area contributed by atoms with Crippen molar-refractivity contribution < 1.29 is 9.90 Å². The topological polar surface area (TPSA) is 87.4 Å². The number of aryl methyl sites for hydroxylation is 1. The van der Waals surface area contributed by atoms with E-state index in [1.807, 2.05) is 29.9 Å². The van der Waals surface area contributed by atoms with Crippen LogP contribution in [0.25, 0.3) is 11.2 Å². The summed E-state index contributed by atoms with van der Waals surface area (Å²) < 4.78 is 1.91. The van der Waals surface area contributed by atoms with Gasteiger partial charge in [-0.15, -0.1) is 0 Å². The number of benzene rings is 1. The van der Waals surface area contributed by atoms with Crippen molar-refractivity contribution in [1.29, 1.82) is 0 Å². The molecule has 2 fully saturated rings. The van der Waals surface area contributed by atoms with Crippen LogP contribution in [0, 0.1) is 18.8 Å². The second kappa shape index (κ2) is 10.8. The molecule has 2 aliphatic rings. The number of fused-ring (bicyclic) bond motifs is 1. The molecular weight excluding hydrogens is 511 g/mol. The number of anilines is 1. The largest absolute Gasteiger partial charge is 0.481 e. The molecule has 2 saturated heterocycles. The van der Waals surface area contributed by atoms with Gasteiger partial charge in [0.1, 0.15) is 11.3 Å². The highest BCUT2D eigenvalue weighted by Crippen LogP contribution is 2.33. The lowest BCUT2D eigenvalue weighted by Gasteiger charge is -2.45. The van der Waals surface area contributed by atoms with Crippen LogP contribution in [0.2, 0.25) is 10.0 Å². The number of carbonyl (C=O) groups is 1. The fourth-order valence-electron chi connectivity index (χ4n) is 6.13. The van der Waals surface area contributed by atoms with E-state index in [4.69, 9.17) is 38.3 Å². The average Bonchev–Trinajstić information content (AvgIpc) is 3.19. The molecule has 2 aromatic heterocycles. The number of piperidine rings is 2. The smallest absolute Gasteiger partial charge is 0.303 e. The molecule has 0 bridgehead atoms. The second-order valence-electron chi connectivity index (χ2n) is 10.7. The van der Waals surface area contributed by atoms with E-state index in [2.05, 4.69) is 23.6 Å². The molecule has 198 valence electrons. The Morgan fingerprint density at radius 1 is 1.22 bits per heavy atom. The Hall–Kier alpha value is -2.42. The first-order valence-electron chi connectivity index (χ1n) is 13.1. The number of nitrogens with zero attached hydrogens (tertiary/aromatic N) is 6. The lowest BCUT2D eigenvalue weighted by molar-refractivity contribution is -0.138. The lowest BCUT2D eigenvalue weighted by atomic mass is 9.87. The maximum Gasteiger partial charge on any atom is 0.303 e. The van der Waals surface area contributed by atoms with Gasteiger partial charge in [-0.3, -0.25) is 9.69 Å². The third-order valence-electron chi connectivity index (χ3n) is 8.00. The molecule has 5 rings (SSSR count). The molecule has 1 N–H and O–H groups in total. The van der Waals surface area contributed by atoms with Gasteiger partial charge in [0.15, 0.2) is 5.65 Å². The summed E-state index contributed by atoms with van der Waals surface area (Å²) in [4.78, 5) is 25.9. The average molecular weight is 546 g/mol. The van der Waals surface area contributed by atoms with Crippen LogP contribution in [-0.2, 0) is 4.79 Å². The first-order chi connectivity index (χ1) is 17.7. The van der Waals surface area contributed by atoms with Gasteiger partial charge in [-0.05, 0) is 69.2 Å². The van der Waals surface area contributed by atoms with Crippen molar-refractivity contribution in [3.8, 4) is 0 Å². The maximum atomic E-state index is 11.2. The highest BCUT2D eigenvalue weighted by atomic mass is 35.5. The lowest BCUT2D eigenvalue weighted by Crippen LogP contribution is -2.53. The van der Waals surface area contributed by atoms with Crippen LogP contribution in [-0.4, -0.2) is 67.9 Å². The summed E-state index contributed by atoms with van der Waals surface area (Å²) in [6.07, 6.45) is 5.24. The number of likely N-dealkylation sites (tertiary alicyclic amines) is 1. The van der Waals surface area contributed by atoms with Crippen LogP contribution < -0.4 is 4.90 Å². The van der Waals surface area contributed by atoms with Crippen LogP contribution in [0.1, 0.15) is 56.8 Å². The van der Waals surface area contributed by atoms with Crippen molar-refractivity contribution in [1.82, 2.24) is 24.6 Å². The summed E-state index contributed by atoms with van der Waals surface area (Å²) in [5.74, 6) is 0.860. The summed E-state index contributed by atoms with van der Waals surface area (Å²) in [5, 5.41) is 15.2. The van der Waals surface area contributed by atoms with Crippen molar-refractivity contribution in [2.75, 3.05) is 31.1 Å². The van der Waals surface area contributed by atoms with Gasteiger partial charge in [0.2, 0.25) is 0 Å². The van der Waals surface area contributed by atoms with Crippen LogP contribution in [0.15, 0.2) is 24.4 Å². The summed E-state index contributed by atoms with van der Waals surface area (Å²) in [7, 11) is 0. The molecule has 0 amide bonds. The van der Waals surface area contributed by atoms with Crippen molar-refractivity contribution >= 4 is 46.2 Å². The van der Waals surface area contributed by atoms with Gasteiger partial charge < -0.3 is 10.0 Å². The number of aliphatic carboxylic acids is 1. The zero-order valence-corrected chi connectivity index (χ0v) is 23.1. The molecular formula is C27H34Cl2N6O2. The Morgan fingerprint density at radius 2 is 2.03 bits per heavy atom. The predicted molar refractivity (Wildman–Crippen MR) is 147 cm³/mol. The molecule has 37 heavy (non-hydrogen) atoms. The molecule has 4 atom stereocenters. The maximum absolute atomic E-state index is 11.2. The Kier molecular flexibility index (Phi) is 7.61. The quantitative estimate of drug-likeness (QED) is 0.441. The number of hydrogen-bond acceptors (Lipinski definition) is 6. The second-order valence-corrected chi connectivity index (χ2v) is 11.5. The van der Waals surface area contributed by atoms with E-state index in [-0.39, 0.29) is 18.4 Å². The van der Waals surface area contributed by atoms with E-state index in [1.54, 1.807) is 6.07 Å². The normalized spacial score (nSPS) is 23.9. The zero-order chi connectivity index (χ0) is 26.3. The minimum absolute atomic E-state index is 0.131. The Labute approximate surface area is 227 Å². The van der Waals surface area contributed by atoms with E-state index < -0.39 is 5.97 Å². The van der Waals surface area contributed by atoms with E-state index in [0.29, 0.717) is 22.0 Å². The highest BCUT2D eigenvalue weighted by Gasteiger charge is 2.34. The minimum atomic E-state index is -0.689. The molecule has 1 unspecified atom stereocenters. The van der Waals surface area contributed by atoms with Crippen LogP contribution in [0.3, 0.4) is 0 Å². The fraction of sp³-hybridized carbons (Fsp3) is 0.556. The van der Waals surface area contributed by atoms with E-state index in [1.165, 1.54) is 0 Å². The Morgan fingerprint density at radius 3 is 2.76 bits per heavy atom. The summed E-state index contributed by atoms with van der Waals surface area (Å²) >= 11 is 12.6. The molecule has 8 nitrogen and oxygen atoms in total. The van der Waals surface area contributed by atoms with Gasteiger partial charge in [-0.2, -0.15) is 5.10 Å². The third-order valence-corrected chi connectivity index (χ3v) is 8.57. The standard InChI is InChI=1S/C27H34Cl2N6O2/c1-16-14-34(10-8-23(16)33-9-4-5-19(15-33)11-25(36)37)24-13-30-26-17(2)32-35(27(26)31-24)18(3)21-7-6-20(28)12-22(21)29/h6-7,12-13,16,18-19,23H,4-5,8-11,14-15H2,1-3H3,(H,36,37)/t16-,18-,19+,23?/m1/s1. The first kappa shape index (κ1) is 26.2. The summed E-state index contributed by atoms with van der Waals surface area (Å²) in [5.41, 5.74) is 3.30. The van der Waals surface area contributed by atoms with Gasteiger partial charge >= 0.3 is 5.97 Å². The molecule has 3 aromatic rings. The molecule has 0 saturated carbocycles. The number of carboxylic acids is 1. The van der Waals surface area contributed by atoms with Crippen molar-refractivity contribution in [3.63, 3.8) is 0 Å². The monoisotopic (exact) mass is 544 g/mol.